The number of halogens is 1. The first-order valence-corrected chi connectivity index (χ1v) is 13.8. The Balaban J connectivity index is 1.74. The van der Waals surface area contributed by atoms with Crippen LogP contribution in [0, 0.1) is 38.5 Å². The molecule has 1 aliphatic rings. The summed E-state index contributed by atoms with van der Waals surface area (Å²) in [6.07, 6.45) is 14.5. The first-order valence-electron chi connectivity index (χ1n) is 13.0. The molecule has 0 unspecified atom stereocenters. The Morgan fingerprint density at radius 3 is 1.94 bits per heavy atom. The van der Waals surface area contributed by atoms with Gasteiger partial charge < -0.3 is 4.74 Å². The monoisotopic (exact) mass is 492 g/mol. The highest BCUT2D eigenvalue weighted by molar-refractivity contribution is 9.10. The van der Waals surface area contributed by atoms with E-state index in [1.165, 1.54) is 90.3 Å². The van der Waals surface area contributed by atoms with Gasteiger partial charge >= 0.3 is 0 Å². The van der Waals surface area contributed by atoms with Gasteiger partial charge in [-0.05, 0) is 93.4 Å². The van der Waals surface area contributed by atoms with E-state index in [1.807, 2.05) is 0 Å². The van der Waals surface area contributed by atoms with Crippen LogP contribution in [0.2, 0.25) is 0 Å². The van der Waals surface area contributed by atoms with Crippen molar-refractivity contribution in [2.45, 2.75) is 132 Å². The van der Waals surface area contributed by atoms with Crippen LogP contribution in [0.3, 0.4) is 0 Å². The molecule has 0 N–H and O–H groups in total. The van der Waals surface area contributed by atoms with E-state index in [9.17, 15) is 0 Å². The largest absolute Gasteiger partial charge is 0.487 e. The molecule has 0 amide bonds. The van der Waals surface area contributed by atoms with E-state index in [2.05, 4.69) is 71.3 Å². The summed E-state index contributed by atoms with van der Waals surface area (Å²) in [5, 5.41) is 0. The van der Waals surface area contributed by atoms with Crippen molar-refractivity contribution in [1.82, 2.24) is 0 Å². The lowest BCUT2D eigenvalue weighted by Crippen LogP contribution is -2.37. The minimum Gasteiger partial charge on any atom is -0.487 e. The van der Waals surface area contributed by atoms with Crippen LogP contribution < -0.4 is 4.74 Å². The maximum atomic E-state index is 6.69. The minimum absolute atomic E-state index is 0.00484. The lowest BCUT2D eigenvalue weighted by molar-refractivity contribution is 0.0513. The minimum atomic E-state index is -0.00484. The van der Waals surface area contributed by atoms with Crippen molar-refractivity contribution in [2.24, 2.45) is 17.8 Å². The van der Waals surface area contributed by atoms with Crippen molar-refractivity contribution in [2.75, 3.05) is 0 Å². The van der Waals surface area contributed by atoms with Crippen LogP contribution in [0.15, 0.2) is 4.47 Å². The van der Waals surface area contributed by atoms with E-state index in [0.717, 1.165) is 30.6 Å². The quantitative estimate of drug-likeness (QED) is 0.281. The molecule has 1 aliphatic heterocycles. The molecule has 31 heavy (non-hydrogen) atoms. The van der Waals surface area contributed by atoms with Crippen LogP contribution >= 0.6 is 15.9 Å². The van der Waals surface area contributed by atoms with Crippen LogP contribution in [-0.2, 0) is 6.42 Å². The predicted octanol–water partition coefficient (Wildman–Crippen LogP) is 9.90. The number of ether oxygens (including phenoxy) is 1. The molecule has 1 aromatic rings. The second-order valence-electron chi connectivity index (χ2n) is 11.4. The number of hydrogen-bond donors (Lipinski definition) is 0. The maximum Gasteiger partial charge on any atom is 0.126 e. The van der Waals surface area contributed by atoms with E-state index in [4.69, 9.17) is 4.74 Å². The molecule has 0 aliphatic carbocycles. The zero-order valence-electron chi connectivity index (χ0n) is 21.8. The van der Waals surface area contributed by atoms with Gasteiger partial charge in [0.1, 0.15) is 11.4 Å². The fraction of sp³-hybridized carbons (Fsp3) is 0.793. The second-order valence-corrected chi connectivity index (χ2v) is 12.2. The van der Waals surface area contributed by atoms with E-state index in [0.29, 0.717) is 0 Å². The molecule has 0 aromatic heterocycles. The Hall–Kier alpha value is -0.500. The molecule has 0 saturated heterocycles. The molecule has 1 nitrogen and oxygen atoms in total. The maximum absolute atomic E-state index is 6.69. The molecule has 3 atom stereocenters. The number of hydrogen-bond acceptors (Lipinski definition) is 1. The molecular formula is C29H49BrO. The van der Waals surface area contributed by atoms with E-state index >= 15 is 0 Å². The molecular weight excluding hydrogens is 444 g/mol. The number of benzene rings is 1. The average molecular weight is 494 g/mol. The Morgan fingerprint density at radius 1 is 0.806 bits per heavy atom. The van der Waals surface area contributed by atoms with Crippen LogP contribution in [0.5, 0.6) is 5.75 Å². The third-order valence-electron chi connectivity index (χ3n) is 7.82. The fourth-order valence-corrected chi connectivity index (χ4v) is 5.79. The predicted molar refractivity (Wildman–Crippen MR) is 140 cm³/mol. The van der Waals surface area contributed by atoms with Gasteiger partial charge in [-0.1, -0.05) is 88.6 Å². The third kappa shape index (κ3) is 7.79. The van der Waals surface area contributed by atoms with Gasteiger partial charge in [-0.25, -0.2) is 0 Å². The summed E-state index contributed by atoms with van der Waals surface area (Å²) in [5.74, 6) is 3.77. The highest BCUT2D eigenvalue weighted by Gasteiger charge is 2.33. The van der Waals surface area contributed by atoms with E-state index < -0.39 is 0 Å². The Kier molecular flexibility index (Phi) is 10.4. The van der Waals surface area contributed by atoms with Gasteiger partial charge in [0.15, 0.2) is 0 Å². The van der Waals surface area contributed by atoms with Crippen molar-refractivity contribution in [3.8, 4) is 5.75 Å². The first-order chi connectivity index (χ1) is 14.5. The van der Waals surface area contributed by atoms with Crippen LogP contribution in [0.4, 0.5) is 0 Å². The van der Waals surface area contributed by atoms with Crippen molar-refractivity contribution in [3.05, 3.63) is 26.7 Å². The van der Waals surface area contributed by atoms with E-state index in [-0.39, 0.29) is 5.60 Å². The smallest absolute Gasteiger partial charge is 0.126 e. The number of rotatable bonds is 12. The van der Waals surface area contributed by atoms with Gasteiger partial charge in [-0.2, -0.15) is 0 Å². The SMILES string of the molecule is Cc1c(C)c2c(c(C)c1Br)CC[C@@](C)(CCC[C@H](C)CCC[C@H](C)CCCC(C)C)O2. The summed E-state index contributed by atoms with van der Waals surface area (Å²) in [6.45, 7) is 18.6. The van der Waals surface area contributed by atoms with Gasteiger partial charge in [0.2, 0.25) is 0 Å². The lowest BCUT2D eigenvalue weighted by Gasteiger charge is -2.38. The molecule has 1 heterocycles. The molecule has 0 bridgehead atoms. The summed E-state index contributed by atoms with van der Waals surface area (Å²) >= 11 is 3.79. The average Bonchev–Trinajstić information content (AvgIpc) is 2.70. The van der Waals surface area contributed by atoms with Crippen LogP contribution in [0.25, 0.3) is 0 Å². The first kappa shape index (κ1) is 26.7. The molecule has 2 rings (SSSR count). The molecule has 178 valence electrons. The van der Waals surface area contributed by atoms with Gasteiger partial charge in [-0.3, -0.25) is 0 Å². The summed E-state index contributed by atoms with van der Waals surface area (Å²) in [6, 6.07) is 0. The van der Waals surface area contributed by atoms with Crippen molar-refractivity contribution in [1.29, 1.82) is 0 Å². The van der Waals surface area contributed by atoms with E-state index in [1.54, 1.807) is 0 Å². The molecule has 0 radical (unpaired) electrons. The van der Waals surface area contributed by atoms with Gasteiger partial charge in [-0.15, -0.1) is 0 Å². The summed E-state index contributed by atoms with van der Waals surface area (Å²) in [7, 11) is 0. The zero-order valence-corrected chi connectivity index (χ0v) is 23.4. The summed E-state index contributed by atoms with van der Waals surface area (Å²) < 4.78 is 7.96. The lowest BCUT2D eigenvalue weighted by atomic mass is 9.84. The van der Waals surface area contributed by atoms with Gasteiger partial charge in [0.05, 0.1) is 0 Å². The number of fused-ring (bicyclic) bond motifs is 1. The van der Waals surface area contributed by atoms with Crippen molar-refractivity contribution >= 4 is 15.9 Å². The molecule has 0 saturated carbocycles. The molecule has 0 fully saturated rings. The topological polar surface area (TPSA) is 9.23 Å². The fourth-order valence-electron chi connectivity index (χ4n) is 5.25. The highest BCUT2D eigenvalue weighted by Crippen LogP contribution is 2.44. The third-order valence-corrected chi connectivity index (χ3v) is 9.00. The van der Waals surface area contributed by atoms with Crippen LogP contribution in [0.1, 0.15) is 121 Å². The zero-order chi connectivity index (χ0) is 23.2. The van der Waals surface area contributed by atoms with Crippen molar-refractivity contribution < 1.29 is 4.74 Å². The Labute approximate surface area is 202 Å². The van der Waals surface area contributed by atoms with Gasteiger partial charge in [0.25, 0.3) is 0 Å². The molecule has 2 heteroatoms. The Bertz CT molecular complexity index is 707. The Morgan fingerprint density at radius 2 is 1.35 bits per heavy atom. The normalized spacial score (nSPS) is 20.5. The highest BCUT2D eigenvalue weighted by atomic mass is 79.9. The molecule has 1 aromatic carbocycles. The van der Waals surface area contributed by atoms with Crippen LogP contribution in [-0.4, -0.2) is 5.60 Å². The molecule has 0 spiro atoms. The van der Waals surface area contributed by atoms with Gasteiger partial charge in [0, 0.05) is 4.47 Å². The summed E-state index contributed by atoms with van der Waals surface area (Å²) in [5.41, 5.74) is 5.42. The second kappa shape index (κ2) is 12.1. The summed E-state index contributed by atoms with van der Waals surface area (Å²) in [4.78, 5) is 0. The standard InChI is InChI=1S/C29H49BrO/c1-20(2)12-9-13-21(3)14-10-15-22(4)16-11-18-29(8)19-17-26-25(7)27(30)23(5)24(6)28(26)31-29/h20-22H,9-19H2,1-8H3/t21-,22-,29-/m1/s1. The van der Waals surface area contributed by atoms with Crippen molar-refractivity contribution in [3.63, 3.8) is 0 Å².